The summed E-state index contributed by atoms with van der Waals surface area (Å²) in [6, 6.07) is 1.67. The van der Waals surface area contributed by atoms with Crippen molar-refractivity contribution in [1.82, 2.24) is 10.2 Å². The molecule has 5 heteroatoms. The highest BCUT2D eigenvalue weighted by atomic mass is 16.3. The van der Waals surface area contributed by atoms with E-state index in [1.165, 1.54) is 12.5 Å². The fourth-order valence-corrected chi connectivity index (χ4v) is 2.36. The van der Waals surface area contributed by atoms with E-state index in [0.29, 0.717) is 31.1 Å². The second-order valence-corrected chi connectivity index (χ2v) is 5.72. The fraction of sp³-hybridized carbons (Fsp3) is 0.600. The van der Waals surface area contributed by atoms with Crippen molar-refractivity contribution in [3.63, 3.8) is 0 Å². The number of likely N-dealkylation sites (tertiary alicyclic amines) is 1. The summed E-state index contributed by atoms with van der Waals surface area (Å²) in [7, 11) is 0. The van der Waals surface area contributed by atoms with Crippen LogP contribution in [-0.4, -0.2) is 36.3 Å². The molecule has 0 atom stereocenters. The van der Waals surface area contributed by atoms with Gasteiger partial charge in [-0.25, -0.2) is 0 Å². The summed E-state index contributed by atoms with van der Waals surface area (Å²) in [5.41, 5.74) is 0.577. The number of carbonyl (C=O) groups is 2. The Morgan fingerprint density at radius 3 is 2.65 bits per heavy atom. The summed E-state index contributed by atoms with van der Waals surface area (Å²) < 4.78 is 4.93. The molecule has 0 spiro atoms. The molecule has 0 aromatic carbocycles. The van der Waals surface area contributed by atoms with Crippen molar-refractivity contribution in [2.45, 2.75) is 26.7 Å². The molecule has 2 heterocycles. The zero-order valence-corrected chi connectivity index (χ0v) is 12.1. The first-order valence-corrected chi connectivity index (χ1v) is 7.17. The summed E-state index contributed by atoms with van der Waals surface area (Å²) in [4.78, 5) is 25.9. The van der Waals surface area contributed by atoms with E-state index in [4.69, 9.17) is 4.42 Å². The lowest BCUT2D eigenvalue weighted by Crippen LogP contribution is -2.43. The van der Waals surface area contributed by atoms with Crippen LogP contribution in [0, 0.1) is 11.8 Å². The number of hydrogen-bond acceptors (Lipinski definition) is 3. The van der Waals surface area contributed by atoms with E-state index in [1.54, 1.807) is 11.0 Å². The minimum absolute atomic E-state index is 0.0141. The van der Waals surface area contributed by atoms with E-state index in [1.807, 2.05) is 0 Å². The monoisotopic (exact) mass is 278 g/mol. The summed E-state index contributed by atoms with van der Waals surface area (Å²) in [6.45, 7) is 6.12. The van der Waals surface area contributed by atoms with Gasteiger partial charge in [0.05, 0.1) is 11.8 Å². The summed E-state index contributed by atoms with van der Waals surface area (Å²) >= 11 is 0. The largest absolute Gasteiger partial charge is 0.472 e. The van der Waals surface area contributed by atoms with E-state index in [2.05, 4.69) is 19.2 Å². The lowest BCUT2D eigenvalue weighted by molar-refractivity contribution is -0.126. The molecular weight excluding hydrogens is 256 g/mol. The smallest absolute Gasteiger partial charge is 0.257 e. The van der Waals surface area contributed by atoms with Gasteiger partial charge >= 0.3 is 0 Å². The highest BCUT2D eigenvalue weighted by Crippen LogP contribution is 2.19. The maximum absolute atomic E-state index is 12.1. The average molecular weight is 278 g/mol. The van der Waals surface area contributed by atoms with Crippen molar-refractivity contribution in [3.8, 4) is 0 Å². The molecule has 2 rings (SSSR count). The average Bonchev–Trinajstić information content (AvgIpc) is 2.98. The van der Waals surface area contributed by atoms with Crippen molar-refractivity contribution in [1.29, 1.82) is 0 Å². The third kappa shape index (κ3) is 3.62. The Balaban J connectivity index is 1.80. The van der Waals surface area contributed by atoms with E-state index in [0.717, 1.165) is 12.8 Å². The molecule has 1 aliphatic rings. The molecule has 0 saturated carbocycles. The van der Waals surface area contributed by atoms with Crippen LogP contribution in [0.15, 0.2) is 23.0 Å². The Morgan fingerprint density at radius 2 is 2.10 bits per heavy atom. The molecule has 1 N–H and O–H groups in total. The molecule has 1 saturated heterocycles. The highest BCUT2D eigenvalue weighted by Gasteiger charge is 2.27. The minimum atomic E-state index is -0.0141. The predicted molar refractivity (Wildman–Crippen MR) is 75.2 cm³/mol. The number of piperidine rings is 1. The molecule has 2 amide bonds. The van der Waals surface area contributed by atoms with Crippen molar-refractivity contribution in [3.05, 3.63) is 24.2 Å². The van der Waals surface area contributed by atoms with E-state index >= 15 is 0 Å². The van der Waals surface area contributed by atoms with Crippen LogP contribution in [-0.2, 0) is 4.79 Å². The Morgan fingerprint density at radius 1 is 1.40 bits per heavy atom. The van der Waals surface area contributed by atoms with Crippen molar-refractivity contribution < 1.29 is 14.0 Å². The minimum Gasteiger partial charge on any atom is -0.472 e. The number of furan rings is 1. The highest BCUT2D eigenvalue weighted by molar-refractivity contribution is 5.94. The SMILES string of the molecule is CC(C)CNC(=O)C1CCN(C(=O)c2ccoc2)CC1. The molecule has 20 heavy (non-hydrogen) atoms. The number of nitrogens with zero attached hydrogens (tertiary/aromatic N) is 1. The summed E-state index contributed by atoms with van der Waals surface area (Å²) in [5.74, 6) is 0.595. The van der Waals surface area contributed by atoms with E-state index < -0.39 is 0 Å². The number of carbonyl (C=O) groups excluding carboxylic acids is 2. The Bertz CT molecular complexity index is 446. The Kier molecular flexibility index (Phi) is 4.82. The van der Waals surface area contributed by atoms with Gasteiger partial charge in [-0.1, -0.05) is 13.8 Å². The first-order valence-electron chi connectivity index (χ1n) is 7.17. The van der Waals surface area contributed by atoms with E-state index in [9.17, 15) is 9.59 Å². The first-order chi connectivity index (χ1) is 9.58. The van der Waals surface area contributed by atoms with Crippen LogP contribution < -0.4 is 5.32 Å². The molecule has 1 fully saturated rings. The number of nitrogens with one attached hydrogen (secondary N) is 1. The zero-order valence-electron chi connectivity index (χ0n) is 12.1. The van der Waals surface area contributed by atoms with Gasteiger partial charge < -0.3 is 14.6 Å². The first kappa shape index (κ1) is 14.6. The molecule has 0 bridgehead atoms. The maximum Gasteiger partial charge on any atom is 0.257 e. The molecular formula is C15H22N2O3. The van der Waals surface area contributed by atoms with Crippen LogP contribution >= 0.6 is 0 Å². The quantitative estimate of drug-likeness (QED) is 0.915. The molecule has 5 nitrogen and oxygen atoms in total. The molecule has 0 aliphatic carbocycles. The molecule has 110 valence electrons. The van der Waals surface area contributed by atoms with Gasteiger partial charge in [0.15, 0.2) is 0 Å². The van der Waals surface area contributed by atoms with Gasteiger partial charge in [-0.05, 0) is 24.8 Å². The predicted octanol–water partition coefficient (Wildman–Crippen LogP) is 1.90. The van der Waals surface area contributed by atoms with Crippen molar-refractivity contribution in [2.24, 2.45) is 11.8 Å². The molecule has 1 aliphatic heterocycles. The van der Waals surface area contributed by atoms with Crippen LogP contribution in [0.3, 0.4) is 0 Å². The van der Waals surface area contributed by atoms with Gasteiger partial charge in [-0.3, -0.25) is 9.59 Å². The van der Waals surface area contributed by atoms with Crippen molar-refractivity contribution >= 4 is 11.8 Å². The normalized spacial score (nSPS) is 16.4. The Labute approximate surface area is 119 Å². The van der Waals surface area contributed by atoms with Gasteiger partial charge in [-0.15, -0.1) is 0 Å². The molecule has 0 radical (unpaired) electrons. The lowest BCUT2D eigenvalue weighted by atomic mass is 9.95. The number of amides is 2. The maximum atomic E-state index is 12.1. The lowest BCUT2D eigenvalue weighted by Gasteiger charge is -2.31. The van der Waals surface area contributed by atoms with Crippen LogP contribution in [0.4, 0.5) is 0 Å². The van der Waals surface area contributed by atoms with Gasteiger partial charge in [0, 0.05) is 25.6 Å². The van der Waals surface area contributed by atoms with Crippen molar-refractivity contribution in [2.75, 3.05) is 19.6 Å². The topological polar surface area (TPSA) is 62.6 Å². The standard InChI is InChI=1S/C15H22N2O3/c1-11(2)9-16-14(18)12-3-6-17(7-4-12)15(19)13-5-8-20-10-13/h5,8,10-12H,3-4,6-7,9H2,1-2H3,(H,16,18). The number of hydrogen-bond donors (Lipinski definition) is 1. The third-order valence-corrected chi connectivity index (χ3v) is 3.61. The number of rotatable bonds is 4. The summed E-state index contributed by atoms with van der Waals surface area (Å²) in [5, 5.41) is 2.97. The van der Waals surface area contributed by atoms with Crippen LogP contribution in [0.1, 0.15) is 37.0 Å². The fourth-order valence-electron chi connectivity index (χ4n) is 2.36. The third-order valence-electron chi connectivity index (χ3n) is 3.61. The van der Waals surface area contributed by atoms with Gasteiger partial charge in [-0.2, -0.15) is 0 Å². The second kappa shape index (κ2) is 6.59. The summed E-state index contributed by atoms with van der Waals surface area (Å²) in [6.07, 6.45) is 4.42. The van der Waals surface area contributed by atoms with Gasteiger partial charge in [0.25, 0.3) is 5.91 Å². The van der Waals surface area contributed by atoms with Crippen LogP contribution in [0.2, 0.25) is 0 Å². The van der Waals surface area contributed by atoms with Gasteiger partial charge in [0.1, 0.15) is 6.26 Å². The van der Waals surface area contributed by atoms with E-state index in [-0.39, 0.29) is 17.7 Å². The van der Waals surface area contributed by atoms with Crippen LogP contribution in [0.25, 0.3) is 0 Å². The van der Waals surface area contributed by atoms with Crippen LogP contribution in [0.5, 0.6) is 0 Å². The second-order valence-electron chi connectivity index (χ2n) is 5.72. The molecule has 1 aromatic rings. The molecule has 1 aromatic heterocycles. The zero-order chi connectivity index (χ0) is 14.5. The van der Waals surface area contributed by atoms with Gasteiger partial charge in [0.2, 0.25) is 5.91 Å². The Hall–Kier alpha value is -1.78. The molecule has 0 unspecified atom stereocenters.